The molecule has 152 valence electrons. The van der Waals surface area contributed by atoms with Gasteiger partial charge in [0.1, 0.15) is 22.9 Å². The minimum absolute atomic E-state index is 0.196. The van der Waals surface area contributed by atoms with E-state index in [-0.39, 0.29) is 11.5 Å². The predicted octanol–water partition coefficient (Wildman–Crippen LogP) is 3.08. The molecule has 2 N–H and O–H groups in total. The summed E-state index contributed by atoms with van der Waals surface area (Å²) in [6.07, 6.45) is -1.16. The van der Waals surface area contributed by atoms with Gasteiger partial charge in [0.05, 0.1) is 11.1 Å². The van der Waals surface area contributed by atoms with E-state index in [0.717, 1.165) is 6.07 Å². The molecule has 2 atom stereocenters. The highest BCUT2D eigenvalue weighted by Crippen LogP contribution is 2.22. The number of amides is 2. The molecule has 0 unspecified atom stereocenters. The van der Waals surface area contributed by atoms with E-state index in [0.29, 0.717) is 10.6 Å². The van der Waals surface area contributed by atoms with Gasteiger partial charge in [0.25, 0.3) is 11.8 Å². The molecule has 1 heterocycles. The summed E-state index contributed by atoms with van der Waals surface area (Å²) >= 11 is 1.17. The Morgan fingerprint density at radius 1 is 1.17 bits per heavy atom. The van der Waals surface area contributed by atoms with Crippen molar-refractivity contribution in [2.24, 2.45) is 5.92 Å². The normalized spacial score (nSPS) is 12.6. The highest BCUT2D eigenvalue weighted by molar-refractivity contribution is 7.14. The minimum atomic E-state index is -1.16. The van der Waals surface area contributed by atoms with Crippen LogP contribution in [0.1, 0.15) is 36.7 Å². The number of hydrogen-bond acceptors (Lipinski definition) is 6. The van der Waals surface area contributed by atoms with Crippen molar-refractivity contribution in [1.82, 2.24) is 5.32 Å². The summed E-state index contributed by atoms with van der Waals surface area (Å²) in [5.41, 5.74) is 0.109. The molecule has 0 saturated heterocycles. The first-order chi connectivity index (χ1) is 13.7. The van der Waals surface area contributed by atoms with Gasteiger partial charge in [0.15, 0.2) is 6.10 Å². The molecule has 0 aliphatic heterocycles. The van der Waals surface area contributed by atoms with Crippen molar-refractivity contribution in [3.05, 3.63) is 52.7 Å². The molecule has 0 spiro atoms. The molecular formula is C20H20FN3O4S. The summed E-state index contributed by atoms with van der Waals surface area (Å²) in [6, 6.07) is 7.83. The number of nitrogens with one attached hydrogen (secondary N) is 2. The number of anilines is 1. The number of esters is 1. The highest BCUT2D eigenvalue weighted by Gasteiger charge is 2.30. The second-order valence-corrected chi connectivity index (χ2v) is 7.43. The fourth-order valence-electron chi connectivity index (χ4n) is 2.37. The number of thiophene rings is 1. The van der Waals surface area contributed by atoms with Gasteiger partial charge >= 0.3 is 5.97 Å². The second kappa shape index (κ2) is 9.80. The number of halogens is 1. The van der Waals surface area contributed by atoms with Crippen LogP contribution >= 0.6 is 11.3 Å². The van der Waals surface area contributed by atoms with Gasteiger partial charge in [-0.3, -0.25) is 9.59 Å². The number of hydrogen-bond donors (Lipinski definition) is 2. The largest absolute Gasteiger partial charge is 0.451 e. The van der Waals surface area contributed by atoms with Crippen LogP contribution in [0, 0.1) is 23.1 Å². The van der Waals surface area contributed by atoms with Gasteiger partial charge in [-0.25, -0.2) is 9.18 Å². The van der Waals surface area contributed by atoms with Crippen LogP contribution in [0.2, 0.25) is 0 Å². The lowest BCUT2D eigenvalue weighted by atomic mass is 10.0. The first-order valence-corrected chi connectivity index (χ1v) is 9.67. The molecule has 29 heavy (non-hydrogen) atoms. The molecule has 0 fully saturated rings. The van der Waals surface area contributed by atoms with E-state index in [4.69, 9.17) is 10.00 Å². The second-order valence-electron chi connectivity index (χ2n) is 6.52. The van der Waals surface area contributed by atoms with Crippen LogP contribution < -0.4 is 10.6 Å². The van der Waals surface area contributed by atoms with Crippen LogP contribution in [-0.2, 0) is 14.3 Å². The molecule has 1 aromatic heterocycles. The topological polar surface area (TPSA) is 108 Å². The van der Waals surface area contributed by atoms with Gasteiger partial charge in [-0.15, -0.1) is 11.3 Å². The van der Waals surface area contributed by atoms with Crippen molar-refractivity contribution in [2.45, 2.75) is 32.9 Å². The van der Waals surface area contributed by atoms with E-state index in [1.54, 1.807) is 25.3 Å². The van der Waals surface area contributed by atoms with Crippen molar-refractivity contribution in [3.63, 3.8) is 0 Å². The smallest absolute Gasteiger partial charge is 0.329 e. The third-order valence-electron chi connectivity index (χ3n) is 4.01. The highest BCUT2D eigenvalue weighted by atomic mass is 32.1. The van der Waals surface area contributed by atoms with Crippen LogP contribution in [0.25, 0.3) is 0 Å². The Bertz CT molecular complexity index is 951. The average molecular weight is 417 g/mol. The van der Waals surface area contributed by atoms with Gasteiger partial charge < -0.3 is 15.4 Å². The quantitative estimate of drug-likeness (QED) is 0.673. The predicted molar refractivity (Wildman–Crippen MR) is 106 cm³/mol. The van der Waals surface area contributed by atoms with Crippen molar-refractivity contribution in [3.8, 4) is 6.07 Å². The van der Waals surface area contributed by atoms with Gasteiger partial charge in [-0.05, 0) is 36.4 Å². The maximum Gasteiger partial charge on any atom is 0.329 e. The molecule has 2 rings (SSSR count). The summed E-state index contributed by atoms with van der Waals surface area (Å²) in [6.45, 7) is 4.75. The van der Waals surface area contributed by atoms with E-state index in [9.17, 15) is 18.8 Å². The summed E-state index contributed by atoms with van der Waals surface area (Å²) in [4.78, 5) is 37.1. The number of ether oxygens (including phenoxy) is 1. The Labute approximate surface area is 171 Å². The van der Waals surface area contributed by atoms with E-state index in [1.165, 1.54) is 36.5 Å². The Hall–Kier alpha value is -3.25. The van der Waals surface area contributed by atoms with Gasteiger partial charge in [0, 0.05) is 0 Å². The van der Waals surface area contributed by atoms with Gasteiger partial charge in [0.2, 0.25) is 0 Å². The molecule has 0 radical (unpaired) electrons. The molecule has 9 heteroatoms. The number of benzene rings is 1. The molecule has 7 nitrogen and oxygen atoms in total. The molecule has 2 aromatic rings. The molecule has 0 aliphatic carbocycles. The number of nitrogens with zero attached hydrogens (tertiary/aromatic N) is 1. The van der Waals surface area contributed by atoms with Gasteiger partial charge in [-0.1, -0.05) is 26.0 Å². The minimum Gasteiger partial charge on any atom is -0.451 e. The van der Waals surface area contributed by atoms with Crippen LogP contribution in [0.4, 0.5) is 9.39 Å². The zero-order chi connectivity index (χ0) is 21.6. The Kier molecular flexibility index (Phi) is 7.45. The standard InChI is InChI=1S/C20H20FN3O4S/c1-11(2)16(23-18(26)14-6-4-5-7-15(14)21)20(27)28-12(3)17(25)24-19-13(10-22)8-9-29-19/h4-9,11-12,16H,1-3H3,(H,23,26)(H,24,25)/t12-,16+/m1/s1. The van der Waals surface area contributed by atoms with Gasteiger partial charge in [-0.2, -0.15) is 5.26 Å². The van der Waals surface area contributed by atoms with Crippen LogP contribution in [0.15, 0.2) is 35.7 Å². The number of nitriles is 1. The lowest BCUT2D eigenvalue weighted by Gasteiger charge is -2.23. The maximum atomic E-state index is 13.8. The van der Waals surface area contributed by atoms with E-state index >= 15 is 0 Å². The van der Waals surface area contributed by atoms with E-state index in [2.05, 4.69) is 10.6 Å². The van der Waals surface area contributed by atoms with Crippen molar-refractivity contribution < 1.29 is 23.5 Å². The maximum absolute atomic E-state index is 13.8. The lowest BCUT2D eigenvalue weighted by molar-refractivity contribution is -0.156. The van der Waals surface area contributed by atoms with E-state index in [1.807, 2.05) is 6.07 Å². The Balaban J connectivity index is 2.03. The number of rotatable bonds is 7. The fraction of sp³-hybridized carbons (Fsp3) is 0.300. The first-order valence-electron chi connectivity index (χ1n) is 8.79. The molecular weight excluding hydrogens is 397 g/mol. The number of carbonyl (C=O) groups excluding carboxylic acids is 3. The summed E-state index contributed by atoms with van der Waals surface area (Å²) in [7, 11) is 0. The molecule has 0 aliphatic rings. The number of carbonyl (C=O) groups is 3. The van der Waals surface area contributed by atoms with Crippen LogP contribution in [0.5, 0.6) is 0 Å². The molecule has 0 saturated carbocycles. The van der Waals surface area contributed by atoms with Crippen molar-refractivity contribution in [2.75, 3.05) is 5.32 Å². The zero-order valence-corrected chi connectivity index (χ0v) is 16.9. The van der Waals surface area contributed by atoms with Crippen LogP contribution in [0.3, 0.4) is 0 Å². The lowest BCUT2D eigenvalue weighted by Crippen LogP contribution is -2.47. The van der Waals surface area contributed by atoms with E-state index < -0.39 is 35.7 Å². The molecule has 2 amide bonds. The molecule has 0 bridgehead atoms. The average Bonchev–Trinajstić information content (AvgIpc) is 3.12. The van der Waals surface area contributed by atoms with Crippen LogP contribution in [-0.4, -0.2) is 29.9 Å². The fourth-order valence-corrected chi connectivity index (χ4v) is 3.11. The van der Waals surface area contributed by atoms with Crippen molar-refractivity contribution in [1.29, 1.82) is 5.26 Å². The third kappa shape index (κ3) is 5.62. The van der Waals surface area contributed by atoms with Crippen molar-refractivity contribution >= 4 is 34.1 Å². The summed E-state index contributed by atoms with van der Waals surface area (Å²) < 4.78 is 19.0. The Morgan fingerprint density at radius 3 is 2.48 bits per heavy atom. The monoisotopic (exact) mass is 417 g/mol. The SMILES string of the molecule is CC(C)[C@H](NC(=O)c1ccccc1F)C(=O)O[C@H](C)C(=O)Nc1sccc1C#N. The Morgan fingerprint density at radius 2 is 1.86 bits per heavy atom. The summed E-state index contributed by atoms with van der Waals surface area (Å²) in [5.74, 6) is -3.26. The zero-order valence-electron chi connectivity index (χ0n) is 16.1. The summed E-state index contributed by atoms with van der Waals surface area (Å²) in [5, 5.41) is 16.0. The first kappa shape index (κ1) is 22.0. The third-order valence-corrected chi connectivity index (χ3v) is 4.84. The molecule has 1 aromatic carbocycles.